The third-order valence-corrected chi connectivity index (χ3v) is 9.55. The maximum atomic E-state index is 14.1. The normalized spacial score (nSPS) is 14.5. The van der Waals surface area contributed by atoms with E-state index in [-0.39, 0.29) is 23.4 Å². The Balaban J connectivity index is 1.67. The first-order valence-corrected chi connectivity index (χ1v) is 16.1. The molecule has 4 rings (SSSR count). The third-order valence-electron chi connectivity index (χ3n) is 7.77. The van der Waals surface area contributed by atoms with Crippen molar-refractivity contribution >= 4 is 27.5 Å². The lowest BCUT2D eigenvalue weighted by atomic mass is 9.95. The molecule has 3 aromatic rings. The van der Waals surface area contributed by atoms with E-state index in [9.17, 15) is 18.0 Å². The number of sulfonamides is 1. The molecular weight excluding hydrogens is 550 g/mol. The molecule has 0 bridgehead atoms. The van der Waals surface area contributed by atoms with Crippen LogP contribution >= 0.6 is 0 Å². The molecule has 0 aromatic heterocycles. The highest BCUT2D eigenvalue weighted by Gasteiger charge is 2.33. The van der Waals surface area contributed by atoms with E-state index < -0.39 is 28.5 Å². The summed E-state index contributed by atoms with van der Waals surface area (Å²) in [5.41, 5.74) is 2.20. The molecule has 0 heterocycles. The van der Waals surface area contributed by atoms with E-state index in [2.05, 4.69) is 5.32 Å². The van der Waals surface area contributed by atoms with Crippen molar-refractivity contribution in [3.63, 3.8) is 0 Å². The van der Waals surface area contributed by atoms with Gasteiger partial charge in [0.1, 0.15) is 18.3 Å². The summed E-state index contributed by atoms with van der Waals surface area (Å²) in [5, 5.41) is 3.14. The van der Waals surface area contributed by atoms with Gasteiger partial charge >= 0.3 is 0 Å². The van der Waals surface area contributed by atoms with Gasteiger partial charge in [-0.3, -0.25) is 13.9 Å². The lowest BCUT2D eigenvalue weighted by Crippen LogP contribution is -2.53. The van der Waals surface area contributed by atoms with Crippen LogP contribution in [0.4, 0.5) is 5.69 Å². The van der Waals surface area contributed by atoms with Crippen LogP contribution in [0.15, 0.2) is 83.8 Å². The van der Waals surface area contributed by atoms with Gasteiger partial charge in [-0.25, -0.2) is 8.42 Å². The number of nitrogens with zero attached hydrogens (tertiary/aromatic N) is 2. The third kappa shape index (κ3) is 7.70. The van der Waals surface area contributed by atoms with Crippen molar-refractivity contribution in [1.82, 2.24) is 10.2 Å². The maximum Gasteiger partial charge on any atom is 0.264 e. The molecule has 2 amide bonds. The van der Waals surface area contributed by atoms with Crippen molar-refractivity contribution in [2.75, 3.05) is 17.5 Å². The van der Waals surface area contributed by atoms with Crippen molar-refractivity contribution in [3.8, 4) is 5.75 Å². The number of rotatable bonds is 12. The number of hydrogen-bond acceptors (Lipinski definition) is 5. The highest BCUT2D eigenvalue weighted by molar-refractivity contribution is 7.92. The minimum absolute atomic E-state index is 0.0697. The van der Waals surface area contributed by atoms with E-state index >= 15 is 0 Å². The van der Waals surface area contributed by atoms with E-state index in [1.807, 2.05) is 38.1 Å². The molecular formula is C33H41N3O5S. The fourth-order valence-electron chi connectivity index (χ4n) is 5.25. The Morgan fingerprint density at radius 1 is 0.929 bits per heavy atom. The molecule has 42 heavy (non-hydrogen) atoms. The molecule has 1 N–H and O–H groups in total. The van der Waals surface area contributed by atoms with Gasteiger partial charge in [-0.1, -0.05) is 61.7 Å². The largest absolute Gasteiger partial charge is 0.494 e. The predicted molar refractivity (Wildman–Crippen MR) is 165 cm³/mol. The lowest BCUT2D eigenvalue weighted by Gasteiger charge is -2.33. The number of aryl methyl sites for hydroxylation is 1. The van der Waals surface area contributed by atoms with E-state index in [1.54, 1.807) is 49.4 Å². The number of carbonyl (C=O) groups is 2. The quantitative estimate of drug-likeness (QED) is 0.302. The standard InChI is InChI=1S/C33H41N3O5S/c1-4-41-30-21-19-29(20-22-30)36(42(39,40)31-17-9-6-10-18-31)24-32(37)35(23-27-14-12-11-13-25(27)2)26(3)33(38)34-28-15-7-5-8-16-28/h6,9-14,17-22,26,28H,4-5,7-8,15-16,23-24H2,1-3H3,(H,34,38)/t26-/m0/s1. The average molecular weight is 592 g/mol. The zero-order valence-corrected chi connectivity index (χ0v) is 25.5. The van der Waals surface area contributed by atoms with Gasteiger partial charge < -0.3 is 15.0 Å². The molecule has 3 aromatic carbocycles. The second-order valence-electron chi connectivity index (χ2n) is 10.7. The van der Waals surface area contributed by atoms with Gasteiger partial charge in [0.15, 0.2) is 0 Å². The van der Waals surface area contributed by atoms with Gasteiger partial charge in [0.2, 0.25) is 11.8 Å². The van der Waals surface area contributed by atoms with Crippen LogP contribution in [0.25, 0.3) is 0 Å². The van der Waals surface area contributed by atoms with Crippen molar-refractivity contribution in [2.45, 2.75) is 76.4 Å². The number of amides is 2. The van der Waals surface area contributed by atoms with Gasteiger partial charge in [0, 0.05) is 12.6 Å². The molecule has 0 radical (unpaired) electrons. The lowest BCUT2D eigenvalue weighted by molar-refractivity contribution is -0.139. The molecule has 1 atom stereocenters. The first-order valence-electron chi connectivity index (χ1n) is 14.7. The Morgan fingerprint density at radius 2 is 1.57 bits per heavy atom. The summed E-state index contributed by atoms with van der Waals surface area (Å²) in [6, 6.07) is 21.6. The first-order chi connectivity index (χ1) is 20.2. The predicted octanol–water partition coefficient (Wildman–Crippen LogP) is 5.46. The fraction of sp³-hybridized carbons (Fsp3) is 0.394. The zero-order valence-electron chi connectivity index (χ0n) is 24.7. The summed E-state index contributed by atoms with van der Waals surface area (Å²) < 4.78 is 34.5. The van der Waals surface area contributed by atoms with Crippen LogP contribution in [0.2, 0.25) is 0 Å². The van der Waals surface area contributed by atoms with Crippen LogP contribution in [0, 0.1) is 6.92 Å². The molecule has 0 saturated heterocycles. The van der Waals surface area contributed by atoms with E-state index in [0.29, 0.717) is 18.0 Å². The minimum Gasteiger partial charge on any atom is -0.494 e. The Morgan fingerprint density at radius 3 is 2.21 bits per heavy atom. The van der Waals surface area contributed by atoms with Gasteiger partial charge in [0.05, 0.1) is 17.2 Å². The Kier molecular flexibility index (Phi) is 10.6. The number of benzene rings is 3. The Labute approximate surface area is 249 Å². The summed E-state index contributed by atoms with van der Waals surface area (Å²) in [7, 11) is -4.11. The van der Waals surface area contributed by atoms with Crippen LogP contribution in [-0.2, 0) is 26.2 Å². The number of nitrogens with one attached hydrogen (secondary N) is 1. The molecule has 9 heteroatoms. The number of carbonyl (C=O) groups excluding carboxylic acids is 2. The summed E-state index contributed by atoms with van der Waals surface area (Å²) >= 11 is 0. The van der Waals surface area contributed by atoms with Crippen molar-refractivity contribution in [2.24, 2.45) is 0 Å². The van der Waals surface area contributed by atoms with Crippen LogP contribution in [0.1, 0.15) is 57.1 Å². The van der Waals surface area contributed by atoms with Crippen LogP contribution in [0.5, 0.6) is 5.75 Å². The second-order valence-corrected chi connectivity index (χ2v) is 12.6. The number of hydrogen-bond donors (Lipinski definition) is 1. The Hall–Kier alpha value is -3.85. The minimum atomic E-state index is -4.11. The van der Waals surface area contributed by atoms with Gasteiger partial charge in [-0.05, 0) is 81.1 Å². The van der Waals surface area contributed by atoms with Gasteiger partial charge in [-0.15, -0.1) is 0 Å². The summed E-state index contributed by atoms with van der Waals surface area (Å²) in [6.07, 6.45) is 5.15. The van der Waals surface area contributed by atoms with Crippen LogP contribution in [-0.4, -0.2) is 50.4 Å². The summed E-state index contributed by atoms with van der Waals surface area (Å²) in [6.45, 7) is 5.70. The summed E-state index contributed by atoms with van der Waals surface area (Å²) in [5.74, 6) is -0.112. The Bertz CT molecular complexity index is 1440. The van der Waals surface area contributed by atoms with Crippen molar-refractivity contribution < 1.29 is 22.7 Å². The molecule has 1 saturated carbocycles. The topological polar surface area (TPSA) is 96.0 Å². The monoisotopic (exact) mass is 591 g/mol. The molecule has 0 unspecified atom stereocenters. The molecule has 1 fully saturated rings. The zero-order chi connectivity index (χ0) is 30.1. The van der Waals surface area contributed by atoms with E-state index in [4.69, 9.17) is 4.74 Å². The number of ether oxygens (including phenoxy) is 1. The molecule has 224 valence electrons. The van der Waals surface area contributed by atoms with Crippen molar-refractivity contribution in [1.29, 1.82) is 0 Å². The van der Waals surface area contributed by atoms with Crippen molar-refractivity contribution in [3.05, 3.63) is 90.0 Å². The van der Waals surface area contributed by atoms with Gasteiger partial charge in [0.25, 0.3) is 10.0 Å². The molecule has 1 aliphatic carbocycles. The number of anilines is 1. The second kappa shape index (κ2) is 14.4. The van der Waals surface area contributed by atoms with Crippen LogP contribution in [0.3, 0.4) is 0 Å². The summed E-state index contributed by atoms with van der Waals surface area (Å²) in [4.78, 5) is 29.2. The van der Waals surface area contributed by atoms with Crippen LogP contribution < -0.4 is 14.4 Å². The SMILES string of the molecule is CCOc1ccc(N(CC(=O)N(Cc2ccccc2C)[C@@H](C)C(=O)NC2CCCCC2)S(=O)(=O)c2ccccc2)cc1. The van der Waals surface area contributed by atoms with E-state index in [1.165, 1.54) is 17.0 Å². The molecule has 8 nitrogen and oxygen atoms in total. The maximum absolute atomic E-state index is 14.1. The highest BCUT2D eigenvalue weighted by Crippen LogP contribution is 2.27. The smallest absolute Gasteiger partial charge is 0.264 e. The average Bonchev–Trinajstić information content (AvgIpc) is 3.00. The molecule has 0 spiro atoms. The first kappa shape index (κ1) is 31.1. The fourth-order valence-corrected chi connectivity index (χ4v) is 6.68. The molecule has 1 aliphatic rings. The van der Waals surface area contributed by atoms with E-state index in [0.717, 1.165) is 47.5 Å². The van der Waals surface area contributed by atoms with Gasteiger partial charge in [-0.2, -0.15) is 0 Å². The molecule has 0 aliphatic heterocycles. The highest BCUT2D eigenvalue weighted by atomic mass is 32.2.